The molecule has 1 saturated heterocycles. The fourth-order valence-corrected chi connectivity index (χ4v) is 4.16. The first-order chi connectivity index (χ1) is 12.4. The number of rotatable bonds is 5. The van der Waals surface area contributed by atoms with E-state index in [1.54, 1.807) is 12.1 Å². The Morgan fingerprint density at radius 2 is 1.73 bits per heavy atom. The van der Waals surface area contributed by atoms with Crippen LogP contribution in [-0.2, 0) is 16.4 Å². The van der Waals surface area contributed by atoms with E-state index in [0.717, 1.165) is 38.0 Å². The van der Waals surface area contributed by atoms with Gasteiger partial charge in [-0.1, -0.05) is 23.7 Å². The third kappa shape index (κ3) is 4.77. The van der Waals surface area contributed by atoms with E-state index < -0.39 is 10.0 Å². The molecule has 0 unspecified atom stereocenters. The number of nitrogens with zero attached hydrogens (tertiary/aromatic N) is 2. The van der Waals surface area contributed by atoms with Crippen LogP contribution in [0.1, 0.15) is 24.8 Å². The third-order valence-electron chi connectivity index (χ3n) is 4.43. The highest BCUT2D eigenvalue weighted by Gasteiger charge is 2.21. The summed E-state index contributed by atoms with van der Waals surface area (Å²) in [5.41, 5.74) is 7.63. The first-order valence-corrected chi connectivity index (χ1v) is 10.4. The van der Waals surface area contributed by atoms with E-state index in [0.29, 0.717) is 17.3 Å². The smallest absolute Gasteiger partial charge is 0.283 e. The monoisotopic (exact) mass is 391 g/mol. The Hall–Kier alpha value is -2.05. The lowest BCUT2D eigenvalue weighted by molar-refractivity contribution is 0.374. The van der Waals surface area contributed by atoms with Crippen molar-refractivity contribution in [3.8, 4) is 0 Å². The van der Waals surface area contributed by atoms with Crippen molar-refractivity contribution in [2.24, 2.45) is 4.40 Å². The average Bonchev–Trinajstić information content (AvgIpc) is 2.62. The number of halogens is 1. The van der Waals surface area contributed by atoms with Gasteiger partial charge in [0.25, 0.3) is 10.0 Å². The fourth-order valence-electron chi connectivity index (χ4n) is 2.96. The minimum atomic E-state index is -3.73. The van der Waals surface area contributed by atoms with E-state index in [2.05, 4.69) is 9.30 Å². The summed E-state index contributed by atoms with van der Waals surface area (Å²) in [5.74, 6) is 0.640. The molecule has 0 aromatic heterocycles. The Kier molecular flexibility index (Phi) is 5.84. The molecule has 0 aliphatic carbocycles. The van der Waals surface area contributed by atoms with Crippen molar-refractivity contribution in [1.82, 2.24) is 4.90 Å². The maximum Gasteiger partial charge on any atom is 0.283 e. The van der Waals surface area contributed by atoms with E-state index in [1.165, 1.54) is 17.7 Å². The number of likely N-dealkylation sites (tertiary alicyclic amines) is 1. The van der Waals surface area contributed by atoms with Gasteiger partial charge in [-0.2, -0.15) is 8.42 Å². The molecule has 0 spiro atoms. The van der Waals surface area contributed by atoms with Gasteiger partial charge in [-0.05, 0) is 61.2 Å². The molecule has 0 amide bonds. The van der Waals surface area contributed by atoms with Crippen LogP contribution in [0.15, 0.2) is 57.8 Å². The first kappa shape index (κ1) is 18.7. The van der Waals surface area contributed by atoms with E-state index in [1.807, 2.05) is 24.3 Å². The molecule has 5 nitrogen and oxygen atoms in total. The number of anilines is 1. The molecule has 2 N–H and O–H groups in total. The summed E-state index contributed by atoms with van der Waals surface area (Å²) in [6.07, 6.45) is 3.49. The van der Waals surface area contributed by atoms with E-state index in [9.17, 15) is 8.42 Å². The molecular weight excluding hydrogens is 370 g/mol. The summed E-state index contributed by atoms with van der Waals surface area (Å²) in [5, 5.41) is 0.499. The summed E-state index contributed by atoms with van der Waals surface area (Å²) in [6.45, 7) is 1.56. The second kappa shape index (κ2) is 8.10. The third-order valence-corrected chi connectivity index (χ3v) is 6.00. The topological polar surface area (TPSA) is 75.8 Å². The van der Waals surface area contributed by atoms with Gasteiger partial charge in [-0.15, -0.1) is 4.40 Å². The maximum atomic E-state index is 12.6. The van der Waals surface area contributed by atoms with Crippen molar-refractivity contribution >= 4 is 33.1 Å². The minimum absolute atomic E-state index is 0.165. The van der Waals surface area contributed by atoms with Crippen LogP contribution in [0.25, 0.3) is 0 Å². The number of hydrogen-bond donors (Lipinski definition) is 1. The van der Waals surface area contributed by atoms with Crippen LogP contribution in [0, 0.1) is 0 Å². The Balaban J connectivity index is 1.76. The van der Waals surface area contributed by atoms with Gasteiger partial charge in [-0.25, -0.2) is 0 Å². The van der Waals surface area contributed by atoms with Gasteiger partial charge in [0, 0.05) is 30.2 Å². The van der Waals surface area contributed by atoms with Gasteiger partial charge in [0.15, 0.2) is 0 Å². The number of benzene rings is 2. The van der Waals surface area contributed by atoms with Gasteiger partial charge < -0.3 is 10.6 Å². The summed E-state index contributed by atoms with van der Waals surface area (Å²) in [4.78, 5) is 2.24. The molecule has 0 bridgehead atoms. The number of amidine groups is 1. The van der Waals surface area contributed by atoms with Crippen LogP contribution >= 0.6 is 11.6 Å². The molecule has 2 aromatic rings. The average molecular weight is 392 g/mol. The van der Waals surface area contributed by atoms with Crippen LogP contribution in [0.5, 0.6) is 0 Å². The second-order valence-corrected chi connectivity index (χ2v) is 8.41. The van der Waals surface area contributed by atoms with Crippen molar-refractivity contribution < 1.29 is 8.42 Å². The lowest BCUT2D eigenvalue weighted by Crippen LogP contribution is -2.37. The highest BCUT2D eigenvalue weighted by Crippen LogP contribution is 2.20. The Morgan fingerprint density at radius 3 is 2.42 bits per heavy atom. The summed E-state index contributed by atoms with van der Waals surface area (Å²) in [7, 11) is -3.73. The number of nitrogen functional groups attached to an aromatic ring is 1. The predicted molar refractivity (Wildman–Crippen MR) is 106 cm³/mol. The van der Waals surface area contributed by atoms with E-state index >= 15 is 0 Å². The molecule has 26 heavy (non-hydrogen) atoms. The van der Waals surface area contributed by atoms with Crippen LogP contribution in [0.3, 0.4) is 0 Å². The fraction of sp³-hybridized carbons (Fsp3) is 0.316. The van der Waals surface area contributed by atoms with Crippen molar-refractivity contribution in [2.75, 3.05) is 18.8 Å². The number of hydrogen-bond acceptors (Lipinski definition) is 3. The van der Waals surface area contributed by atoms with Gasteiger partial charge in [0.2, 0.25) is 0 Å². The zero-order valence-electron chi connectivity index (χ0n) is 14.4. The standard InChI is InChI=1S/C19H22ClN3O2S/c20-16-6-10-18(11-7-16)26(24,25)22-19-3-1-2-13-23(19)14-12-15-4-8-17(21)9-5-15/h4-11H,1-3,12-14,21H2/b22-19+. The van der Waals surface area contributed by atoms with Crippen molar-refractivity contribution in [3.63, 3.8) is 0 Å². The highest BCUT2D eigenvalue weighted by atomic mass is 35.5. The lowest BCUT2D eigenvalue weighted by atomic mass is 10.1. The molecule has 138 valence electrons. The zero-order valence-corrected chi connectivity index (χ0v) is 16.0. The summed E-state index contributed by atoms with van der Waals surface area (Å²) < 4.78 is 29.3. The second-order valence-electron chi connectivity index (χ2n) is 6.37. The van der Waals surface area contributed by atoms with Crippen molar-refractivity contribution in [2.45, 2.75) is 30.6 Å². The Bertz CT molecular complexity index is 878. The van der Waals surface area contributed by atoms with E-state index in [-0.39, 0.29) is 4.90 Å². The number of piperidine rings is 1. The van der Waals surface area contributed by atoms with Gasteiger partial charge >= 0.3 is 0 Å². The van der Waals surface area contributed by atoms with Crippen LogP contribution in [-0.4, -0.2) is 32.2 Å². The Labute approximate surface area is 159 Å². The van der Waals surface area contributed by atoms with Gasteiger partial charge in [-0.3, -0.25) is 0 Å². The van der Waals surface area contributed by atoms with Crippen LogP contribution in [0.2, 0.25) is 5.02 Å². The molecule has 0 radical (unpaired) electrons. The molecule has 7 heteroatoms. The molecule has 0 atom stereocenters. The summed E-state index contributed by atoms with van der Waals surface area (Å²) >= 11 is 5.84. The molecule has 1 aliphatic rings. The molecule has 1 fully saturated rings. The number of nitrogens with two attached hydrogens (primary N) is 1. The van der Waals surface area contributed by atoms with Gasteiger partial charge in [0.05, 0.1) is 4.90 Å². The zero-order chi connectivity index (χ0) is 18.6. The molecular formula is C19H22ClN3O2S. The summed E-state index contributed by atoms with van der Waals surface area (Å²) in [6, 6.07) is 13.9. The molecule has 1 heterocycles. The van der Waals surface area contributed by atoms with E-state index in [4.69, 9.17) is 17.3 Å². The lowest BCUT2D eigenvalue weighted by Gasteiger charge is -2.30. The molecule has 1 aliphatic heterocycles. The van der Waals surface area contributed by atoms with Crippen molar-refractivity contribution in [1.29, 1.82) is 0 Å². The SMILES string of the molecule is Nc1ccc(CCN2CCCC/C2=N\S(=O)(=O)c2ccc(Cl)cc2)cc1. The molecule has 2 aromatic carbocycles. The minimum Gasteiger partial charge on any atom is -0.399 e. The highest BCUT2D eigenvalue weighted by molar-refractivity contribution is 7.90. The number of sulfonamides is 1. The Morgan fingerprint density at radius 1 is 1.04 bits per heavy atom. The largest absolute Gasteiger partial charge is 0.399 e. The molecule has 0 saturated carbocycles. The van der Waals surface area contributed by atoms with Crippen LogP contribution < -0.4 is 5.73 Å². The predicted octanol–water partition coefficient (Wildman–Crippen LogP) is 3.74. The quantitative estimate of drug-likeness (QED) is 0.788. The van der Waals surface area contributed by atoms with Gasteiger partial charge in [0.1, 0.15) is 5.84 Å². The first-order valence-electron chi connectivity index (χ1n) is 8.63. The maximum absolute atomic E-state index is 12.6. The normalized spacial score (nSPS) is 16.8. The van der Waals surface area contributed by atoms with Crippen molar-refractivity contribution in [3.05, 3.63) is 59.1 Å². The van der Waals surface area contributed by atoms with Crippen LogP contribution in [0.4, 0.5) is 5.69 Å². The molecule has 3 rings (SSSR count).